The third kappa shape index (κ3) is 3.78. The molecule has 6 nitrogen and oxygen atoms in total. The highest BCUT2D eigenvalue weighted by molar-refractivity contribution is 5.87. The molecule has 0 unspecified atom stereocenters. The van der Waals surface area contributed by atoms with Crippen molar-refractivity contribution < 1.29 is 19.4 Å². The van der Waals surface area contributed by atoms with Gasteiger partial charge in [0.25, 0.3) is 0 Å². The summed E-state index contributed by atoms with van der Waals surface area (Å²) in [5.74, 6) is -0.373. The Hall–Kier alpha value is -2.18. The van der Waals surface area contributed by atoms with Crippen LogP contribution in [0.5, 0.6) is 0 Å². The summed E-state index contributed by atoms with van der Waals surface area (Å²) in [5.41, 5.74) is 0.369. The number of amides is 1. The largest absolute Gasteiger partial charge is 0.423 e. The molecular weight excluding hydrogens is 298 g/mol. The van der Waals surface area contributed by atoms with Gasteiger partial charge >= 0.3 is 5.63 Å². The van der Waals surface area contributed by atoms with Crippen LogP contribution in [0.15, 0.2) is 33.5 Å². The molecule has 0 saturated heterocycles. The Morgan fingerprint density at radius 1 is 1.26 bits per heavy atom. The smallest absolute Gasteiger partial charge is 0.336 e. The van der Waals surface area contributed by atoms with Crippen LogP contribution in [0, 0.1) is 6.92 Å². The lowest BCUT2D eigenvalue weighted by Crippen LogP contribution is -2.54. The Kier molecular flexibility index (Phi) is 5.18. The van der Waals surface area contributed by atoms with Gasteiger partial charge in [-0.1, -0.05) is 19.1 Å². The van der Waals surface area contributed by atoms with Gasteiger partial charge in [0.1, 0.15) is 5.58 Å². The van der Waals surface area contributed by atoms with Crippen molar-refractivity contribution in [3.8, 4) is 0 Å². The molecule has 0 atom stereocenters. The maximum Gasteiger partial charge on any atom is 0.336 e. The first-order valence-electron chi connectivity index (χ1n) is 7.49. The van der Waals surface area contributed by atoms with Gasteiger partial charge in [0, 0.05) is 11.5 Å². The van der Waals surface area contributed by atoms with Crippen LogP contribution in [0.1, 0.15) is 24.5 Å². The molecule has 1 aromatic heterocycles. The minimum Gasteiger partial charge on any atom is -0.423 e. The molecule has 1 amide bonds. The number of aliphatic hydroxyl groups excluding tert-OH is 2. The first-order chi connectivity index (χ1) is 10.9. The lowest BCUT2D eigenvalue weighted by molar-refractivity contribution is -0.123. The van der Waals surface area contributed by atoms with E-state index in [9.17, 15) is 19.8 Å². The second kappa shape index (κ2) is 6.93. The zero-order valence-electron chi connectivity index (χ0n) is 13.3. The van der Waals surface area contributed by atoms with Crippen LogP contribution in [0.4, 0.5) is 0 Å². The summed E-state index contributed by atoms with van der Waals surface area (Å²) in [6.45, 7) is 2.93. The van der Waals surface area contributed by atoms with Crippen molar-refractivity contribution in [2.45, 2.75) is 32.2 Å². The number of nitrogens with one attached hydrogen (secondary N) is 1. The normalized spacial score (nSPS) is 11.7. The van der Waals surface area contributed by atoms with Crippen molar-refractivity contribution in [2.75, 3.05) is 13.2 Å². The van der Waals surface area contributed by atoms with Crippen LogP contribution < -0.4 is 10.9 Å². The van der Waals surface area contributed by atoms with Crippen molar-refractivity contribution in [3.05, 3.63) is 45.8 Å². The van der Waals surface area contributed by atoms with Crippen molar-refractivity contribution in [3.63, 3.8) is 0 Å². The summed E-state index contributed by atoms with van der Waals surface area (Å²) in [6, 6.07) is 6.72. The van der Waals surface area contributed by atoms with E-state index in [1.165, 1.54) is 6.07 Å². The quantitative estimate of drug-likeness (QED) is 0.687. The van der Waals surface area contributed by atoms with E-state index in [0.29, 0.717) is 23.0 Å². The minimum absolute atomic E-state index is 0.0348. The molecule has 0 aliphatic carbocycles. The Bertz CT molecular complexity index is 753. The molecule has 3 N–H and O–H groups in total. The maximum atomic E-state index is 12.3. The number of hydrogen-bond donors (Lipinski definition) is 3. The zero-order valence-corrected chi connectivity index (χ0v) is 13.3. The molecule has 23 heavy (non-hydrogen) atoms. The number of aryl methyl sites for hydroxylation is 1. The Morgan fingerprint density at radius 3 is 2.57 bits per heavy atom. The van der Waals surface area contributed by atoms with E-state index in [-0.39, 0.29) is 25.5 Å². The third-order valence-corrected chi connectivity index (χ3v) is 4.02. The van der Waals surface area contributed by atoms with Gasteiger partial charge in [-0.25, -0.2) is 4.79 Å². The summed E-state index contributed by atoms with van der Waals surface area (Å²) in [4.78, 5) is 23.9. The fourth-order valence-electron chi connectivity index (χ4n) is 2.44. The van der Waals surface area contributed by atoms with E-state index >= 15 is 0 Å². The van der Waals surface area contributed by atoms with E-state index in [0.717, 1.165) is 5.56 Å². The highest BCUT2D eigenvalue weighted by Crippen LogP contribution is 2.19. The first-order valence-corrected chi connectivity index (χ1v) is 7.49. The molecule has 0 aliphatic rings. The van der Waals surface area contributed by atoms with Gasteiger partial charge in [-0.05, 0) is 30.5 Å². The number of hydrogen-bond acceptors (Lipinski definition) is 5. The van der Waals surface area contributed by atoms with Gasteiger partial charge in [0.2, 0.25) is 5.91 Å². The van der Waals surface area contributed by atoms with Gasteiger partial charge in [0.15, 0.2) is 0 Å². The highest BCUT2D eigenvalue weighted by Gasteiger charge is 2.28. The number of fused-ring (bicyclic) bond motifs is 1. The molecule has 124 valence electrons. The highest BCUT2D eigenvalue weighted by atomic mass is 16.4. The Balaban J connectivity index is 2.31. The average Bonchev–Trinajstić information content (AvgIpc) is 2.52. The molecule has 6 heteroatoms. The summed E-state index contributed by atoms with van der Waals surface area (Å²) >= 11 is 0. The number of rotatable bonds is 6. The van der Waals surface area contributed by atoms with Gasteiger partial charge < -0.3 is 19.9 Å². The number of carbonyl (C=O) groups is 1. The fraction of sp³-hybridized carbons (Fsp3) is 0.412. The van der Waals surface area contributed by atoms with E-state index < -0.39 is 11.2 Å². The number of aliphatic hydroxyl groups is 2. The standard InChI is InChI=1S/C17H21NO5/c1-3-17(9-19,10-20)18-15(21)7-12-8-16(22)23-14-6-11(2)4-5-13(12)14/h4-6,8,19-20H,3,7,9-10H2,1-2H3,(H,18,21). The van der Waals surface area contributed by atoms with E-state index in [4.69, 9.17) is 4.42 Å². The molecule has 0 spiro atoms. The molecule has 0 bridgehead atoms. The summed E-state index contributed by atoms with van der Waals surface area (Å²) in [7, 11) is 0. The van der Waals surface area contributed by atoms with Crippen LogP contribution in [-0.4, -0.2) is 34.9 Å². The topological polar surface area (TPSA) is 99.8 Å². The Morgan fingerprint density at radius 2 is 1.96 bits per heavy atom. The van der Waals surface area contributed by atoms with Crippen molar-refractivity contribution in [1.82, 2.24) is 5.32 Å². The van der Waals surface area contributed by atoms with Gasteiger partial charge in [-0.3, -0.25) is 4.79 Å². The van der Waals surface area contributed by atoms with E-state index in [1.54, 1.807) is 19.1 Å². The maximum absolute atomic E-state index is 12.3. The fourth-order valence-corrected chi connectivity index (χ4v) is 2.44. The SMILES string of the molecule is CCC(CO)(CO)NC(=O)Cc1cc(=O)oc2cc(C)ccc12. The number of carbonyl (C=O) groups excluding carboxylic acids is 1. The van der Waals surface area contributed by atoms with Gasteiger partial charge in [-0.15, -0.1) is 0 Å². The van der Waals surface area contributed by atoms with Crippen molar-refractivity contribution in [2.24, 2.45) is 0 Å². The first kappa shape index (κ1) is 17.2. The van der Waals surface area contributed by atoms with Crippen molar-refractivity contribution in [1.29, 1.82) is 0 Å². The predicted molar refractivity (Wildman–Crippen MR) is 86.3 cm³/mol. The molecule has 2 aromatic rings. The van der Waals surface area contributed by atoms with Crippen LogP contribution in [0.2, 0.25) is 0 Å². The molecule has 0 saturated carbocycles. The molecule has 2 rings (SSSR count). The van der Waals surface area contributed by atoms with Gasteiger partial charge in [-0.2, -0.15) is 0 Å². The third-order valence-electron chi connectivity index (χ3n) is 4.02. The molecule has 1 heterocycles. The summed E-state index contributed by atoms with van der Waals surface area (Å²) in [5, 5.41) is 22.1. The van der Waals surface area contributed by atoms with Crippen molar-refractivity contribution >= 4 is 16.9 Å². The minimum atomic E-state index is -1.05. The Labute approximate surface area is 133 Å². The predicted octanol–water partition coefficient (Wildman–Crippen LogP) is 0.894. The van der Waals surface area contributed by atoms with E-state index in [1.807, 2.05) is 13.0 Å². The van der Waals surface area contributed by atoms with Crippen LogP contribution in [0.25, 0.3) is 11.0 Å². The lowest BCUT2D eigenvalue weighted by Gasteiger charge is -2.29. The van der Waals surface area contributed by atoms with Crippen LogP contribution >= 0.6 is 0 Å². The van der Waals surface area contributed by atoms with Crippen LogP contribution in [-0.2, 0) is 11.2 Å². The second-order valence-corrected chi connectivity index (χ2v) is 5.77. The van der Waals surface area contributed by atoms with Crippen LogP contribution in [0.3, 0.4) is 0 Å². The molecule has 0 fully saturated rings. The van der Waals surface area contributed by atoms with Gasteiger partial charge in [0.05, 0.1) is 25.2 Å². The average molecular weight is 319 g/mol. The molecule has 1 aromatic carbocycles. The molecule has 0 radical (unpaired) electrons. The number of benzene rings is 1. The second-order valence-electron chi connectivity index (χ2n) is 5.77. The zero-order chi connectivity index (χ0) is 17.0. The lowest BCUT2D eigenvalue weighted by atomic mass is 9.97. The van der Waals surface area contributed by atoms with E-state index in [2.05, 4.69) is 5.32 Å². The summed E-state index contributed by atoms with van der Waals surface area (Å²) < 4.78 is 5.16. The molecule has 0 aliphatic heterocycles. The molecular formula is C17H21NO5. The monoisotopic (exact) mass is 319 g/mol. The summed E-state index contributed by atoms with van der Waals surface area (Å²) in [6.07, 6.45) is 0.357.